The molecular weight excluding hydrogens is 352 g/mol. The summed E-state index contributed by atoms with van der Waals surface area (Å²) in [7, 11) is -1.41. The fourth-order valence-electron chi connectivity index (χ4n) is 2.17. The highest BCUT2D eigenvalue weighted by Gasteiger charge is 2.14. The molecule has 0 heterocycles. The van der Waals surface area contributed by atoms with E-state index in [1.54, 1.807) is 0 Å². The maximum Gasteiger partial charge on any atom is 0.306 e. The van der Waals surface area contributed by atoms with Gasteiger partial charge in [0.2, 0.25) is 0 Å². The van der Waals surface area contributed by atoms with Crippen molar-refractivity contribution in [1.82, 2.24) is 0 Å². The number of hydrogen-bond donors (Lipinski definition) is 0. The Morgan fingerprint density at radius 1 is 1.12 bits per heavy atom. The average Bonchev–Trinajstić information content (AvgIpc) is 2.55. The minimum absolute atomic E-state index is 0.0136. The van der Waals surface area contributed by atoms with Gasteiger partial charge < -0.3 is 4.74 Å². The molecule has 1 rings (SSSR count). The van der Waals surface area contributed by atoms with Crippen molar-refractivity contribution in [3.63, 3.8) is 0 Å². The van der Waals surface area contributed by atoms with Crippen molar-refractivity contribution in [1.29, 1.82) is 0 Å². The minimum Gasteiger partial charge on any atom is -0.469 e. The second kappa shape index (κ2) is 9.75. The first-order valence-corrected chi connectivity index (χ1v) is 16.1. The molecule has 0 radical (unpaired) electrons. The molecule has 0 amide bonds. The first kappa shape index (κ1) is 22.2. The standard InChI is InChI=1S/C22H32O2Si2/c1-24-22(23)18-19(13-15-25(2,3)4)17-21(14-16-26(5,6)7)20-11-9-8-10-12-20/h8-13,15,17,19H,18H2,1-7H3/b15-13+,21-17-. The van der Waals surface area contributed by atoms with E-state index in [2.05, 4.69) is 80.7 Å². The second-order valence-corrected chi connectivity index (χ2v) is 18.4. The van der Waals surface area contributed by atoms with Crippen LogP contribution in [0.3, 0.4) is 0 Å². The lowest BCUT2D eigenvalue weighted by Crippen LogP contribution is -2.17. The zero-order valence-electron chi connectivity index (χ0n) is 17.2. The van der Waals surface area contributed by atoms with Crippen LogP contribution in [0.5, 0.6) is 0 Å². The fraction of sp³-hybridized carbons (Fsp3) is 0.409. The largest absolute Gasteiger partial charge is 0.469 e. The molecule has 0 saturated carbocycles. The fourth-order valence-corrected chi connectivity index (χ4v) is 3.50. The van der Waals surface area contributed by atoms with E-state index in [1.165, 1.54) is 7.11 Å². The Kier molecular flexibility index (Phi) is 8.33. The number of allylic oxidation sites excluding steroid dienone is 3. The van der Waals surface area contributed by atoms with E-state index < -0.39 is 16.1 Å². The number of rotatable bonds is 6. The SMILES string of the molecule is COC(=O)CC(/C=C/[Si](C)(C)C)/C=C(/C#C[Si](C)(C)C)c1ccccc1. The van der Waals surface area contributed by atoms with Crippen LogP contribution in [0, 0.1) is 17.4 Å². The number of hydrogen-bond acceptors (Lipinski definition) is 2. The van der Waals surface area contributed by atoms with Gasteiger partial charge >= 0.3 is 5.97 Å². The molecule has 0 fully saturated rings. The van der Waals surface area contributed by atoms with Crippen molar-refractivity contribution < 1.29 is 9.53 Å². The van der Waals surface area contributed by atoms with Crippen LogP contribution in [-0.2, 0) is 9.53 Å². The van der Waals surface area contributed by atoms with Crippen molar-refractivity contribution in [2.45, 2.75) is 45.7 Å². The molecule has 2 nitrogen and oxygen atoms in total. The topological polar surface area (TPSA) is 26.3 Å². The zero-order valence-corrected chi connectivity index (χ0v) is 19.2. The predicted molar refractivity (Wildman–Crippen MR) is 118 cm³/mol. The van der Waals surface area contributed by atoms with E-state index in [9.17, 15) is 4.79 Å². The highest BCUT2D eigenvalue weighted by molar-refractivity contribution is 6.84. The maximum absolute atomic E-state index is 11.9. The quantitative estimate of drug-likeness (QED) is 0.364. The molecule has 26 heavy (non-hydrogen) atoms. The highest BCUT2D eigenvalue weighted by atomic mass is 28.3. The number of carbonyl (C=O) groups excluding carboxylic acids is 1. The summed E-state index contributed by atoms with van der Waals surface area (Å²) in [6.45, 7) is 13.6. The Morgan fingerprint density at radius 2 is 1.73 bits per heavy atom. The lowest BCUT2D eigenvalue weighted by Gasteiger charge is -2.13. The summed E-state index contributed by atoms with van der Waals surface area (Å²) in [5, 5.41) is 0. The third kappa shape index (κ3) is 9.60. The van der Waals surface area contributed by atoms with Gasteiger partial charge in [-0.05, 0) is 5.56 Å². The number of methoxy groups -OCH3 is 1. The molecule has 0 N–H and O–H groups in total. The summed E-state index contributed by atoms with van der Waals surface area (Å²) in [6.07, 6.45) is 4.61. The average molecular weight is 385 g/mol. The second-order valence-electron chi connectivity index (χ2n) is 8.62. The van der Waals surface area contributed by atoms with Crippen LogP contribution in [0.15, 0.2) is 48.2 Å². The summed E-state index contributed by atoms with van der Waals surface area (Å²) in [5.41, 5.74) is 7.82. The van der Waals surface area contributed by atoms with Crippen molar-refractivity contribution in [3.8, 4) is 11.5 Å². The number of benzene rings is 1. The van der Waals surface area contributed by atoms with Crippen LogP contribution < -0.4 is 0 Å². The molecule has 4 heteroatoms. The Bertz CT molecular complexity index is 708. The van der Waals surface area contributed by atoms with Crippen molar-refractivity contribution in [3.05, 3.63) is 53.7 Å². The van der Waals surface area contributed by atoms with Crippen LogP contribution in [0.4, 0.5) is 0 Å². The van der Waals surface area contributed by atoms with E-state index in [4.69, 9.17) is 4.74 Å². The lowest BCUT2D eigenvalue weighted by molar-refractivity contribution is -0.141. The monoisotopic (exact) mass is 384 g/mol. The van der Waals surface area contributed by atoms with E-state index in [1.807, 2.05) is 18.2 Å². The molecule has 0 aliphatic rings. The van der Waals surface area contributed by atoms with Crippen LogP contribution in [-0.4, -0.2) is 29.2 Å². The lowest BCUT2D eigenvalue weighted by atomic mass is 9.98. The van der Waals surface area contributed by atoms with Gasteiger partial charge in [-0.25, -0.2) is 0 Å². The highest BCUT2D eigenvalue weighted by Crippen LogP contribution is 2.20. The van der Waals surface area contributed by atoms with Gasteiger partial charge in [0.25, 0.3) is 0 Å². The normalized spacial score (nSPS) is 13.9. The molecule has 0 spiro atoms. The van der Waals surface area contributed by atoms with Gasteiger partial charge in [-0.2, -0.15) is 0 Å². The molecule has 0 aliphatic heterocycles. The molecule has 1 unspecified atom stereocenters. The van der Waals surface area contributed by atoms with Gasteiger partial charge in [-0.1, -0.05) is 93.4 Å². The molecule has 0 bridgehead atoms. The van der Waals surface area contributed by atoms with Crippen LogP contribution in [0.25, 0.3) is 5.57 Å². The predicted octanol–water partition coefficient (Wildman–Crippen LogP) is 5.56. The third-order valence-corrected chi connectivity index (χ3v) is 5.58. The van der Waals surface area contributed by atoms with E-state index in [0.717, 1.165) is 11.1 Å². The Labute approximate surface area is 161 Å². The van der Waals surface area contributed by atoms with Gasteiger partial charge in [0.1, 0.15) is 8.07 Å². The summed E-state index contributed by atoms with van der Waals surface area (Å²) in [5.74, 6) is 3.18. The van der Waals surface area contributed by atoms with Crippen LogP contribution in [0.2, 0.25) is 39.3 Å². The van der Waals surface area contributed by atoms with Crippen LogP contribution >= 0.6 is 0 Å². The molecule has 1 aromatic rings. The number of ether oxygens (including phenoxy) is 1. The van der Waals surface area contributed by atoms with Gasteiger partial charge in [-0.15, -0.1) is 5.54 Å². The minimum atomic E-state index is -1.50. The molecule has 0 aromatic heterocycles. The third-order valence-electron chi connectivity index (χ3n) is 3.51. The van der Waals surface area contributed by atoms with Crippen molar-refractivity contribution in [2.24, 2.45) is 5.92 Å². The number of esters is 1. The molecular formula is C22H32O2Si2. The molecule has 0 saturated heterocycles. The molecule has 1 atom stereocenters. The zero-order chi connectivity index (χ0) is 19.8. The van der Waals surface area contributed by atoms with Gasteiger partial charge in [0.05, 0.1) is 21.6 Å². The Hall–Kier alpha value is -1.84. The molecule has 0 aliphatic carbocycles. The first-order chi connectivity index (χ1) is 12.0. The van der Waals surface area contributed by atoms with Gasteiger partial charge in [0, 0.05) is 11.5 Å². The Morgan fingerprint density at radius 3 is 2.23 bits per heavy atom. The number of carbonyl (C=O) groups is 1. The summed E-state index contributed by atoms with van der Waals surface area (Å²) >= 11 is 0. The summed E-state index contributed by atoms with van der Waals surface area (Å²) in [6, 6.07) is 10.2. The summed E-state index contributed by atoms with van der Waals surface area (Å²) < 4.78 is 4.89. The van der Waals surface area contributed by atoms with Crippen LogP contribution in [0.1, 0.15) is 12.0 Å². The van der Waals surface area contributed by atoms with E-state index in [-0.39, 0.29) is 11.9 Å². The molecule has 1 aromatic carbocycles. The molecule has 140 valence electrons. The maximum atomic E-state index is 11.9. The smallest absolute Gasteiger partial charge is 0.306 e. The Balaban J connectivity index is 3.34. The van der Waals surface area contributed by atoms with E-state index in [0.29, 0.717) is 6.42 Å². The summed E-state index contributed by atoms with van der Waals surface area (Å²) in [4.78, 5) is 11.9. The van der Waals surface area contributed by atoms with Gasteiger partial charge in [0.15, 0.2) is 0 Å². The van der Waals surface area contributed by atoms with E-state index >= 15 is 0 Å². The first-order valence-electron chi connectivity index (χ1n) is 9.07. The van der Waals surface area contributed by atoms with Crippen molar-refractivity contribution in [2.75, 3.05) is 7.11 Å². The van der Waals surface area contributed by atoms with Gasteiger partial charge in [-0.3, -0.25) is 4.79 Å². The van der Waals surface area contributed by atoms with Crippen molar-refractivity contribution >= 4 is 27.7 Å².